The summed E-state index contributed by atoms with van der Waals surface area (Å²) >= 11 is 5.34. The van der Waals surface area contributed by atoms with Gasteiger partial charge in [0, 0.05) is 51.0 Å². The van der Waals surface area contributed by atoms with E-state index in [-0.39, 0.29) is 50.6 Å². The number of para-hydroxylation sites is 1. The van der Waals surface area contributed by atoms with Gasteiger partial charge in [0.1, 0.15) is 18.1 Å². The topological polar surface area (TPSA) is 200 Å². The molecule has 4 amide bonds. The maximum Gasteiger partial charge on any atom is 0.326 e. The van der Waals surface area contributed by atoms with Crippen LogP contribution in [0.5, 0.6) is 0 Å². The molecule has 2 aromatic rings. The number of anilines is 1. The number of carbonyl (C=O) groups is 5. The first-order chi connectivity index (χ1) is 24.1. The Labute approximate surface area is 299 Å². The van der Waals surface area contributed by atoms with Crippen LogP contribution in [0.15, 0.2) is 60.7 Å². The lowest BCUT2D eigenvalue weighted by molar-refractivity contribution is -0.144. The summed E-state index contributed by atoms with van der Waals surface area (Å²) in [6.45, 7) is 1.39. The molecule has 1 fully saturated rings. The summed E-state index contributed by atoms with van der Waals surface area (Å²) in [4.78, 5) is 69.8. The normalized spacial score (nSPS) is 14.5. The van der Waals surface area contributed by atoms with E-state index in [0.717, 1.165) is 11.3 Å². The number of carboxylic acid groups (broad SMARTS) is 1. The molecule has 13 nitrogen and oxygen atoms in total. The highest BCUT2D eigenvalue weighted by Gasteiger charge is 2.34. The van der Waals surface area contributed by atoms with E-state index in [9.17, 15) is 29.1 Å². The summed E-state index contributed by atoms with van der Waals surface area (Å²) in [5.41, 5.74) is 13.0. The minimum absolute atomic E-state index is 0.0467. The Bertz CT molecular complexity index is 1400. The van der Waals surface area contributed by atoms with Gasteiger partial charge < -0.3 is 42.3 Å². The van der Waals surface area contributed by atoms with Gasteiger partial charge in [0.15, 0.2) is 0 Å². The van der Waals surface area contributed by atoms with Crippen LogP contribution in [0.3, 0.4) is 0 Å². The van der Waals surface area contributed by atoms with Crippen LogP contribution < -0.4 is 27.4 Å². The number of thiocarbonyl (C=S) groups is 1. The molecular formula is C36H51N7O6S. The highest BCUT2D eigenvalue weighted by Crippen LogP contribution is 2.17. The molecule has 8 N–H and O–H groups in total. The van der Waals surface area contributed by atoms with E-state index in [4.69, 9.17) is 23.7 Å². The third kappa shape index (κ3) is 13.1. The monoisotopic (exact) mass is 709 g/mol. The standard InChI is InChI=1S/C36H51N7O6S/c37-20-9-7-15-28(36(48)49)40-34(46)29(25-26-11-3-1-4-12-26)41-35(47)30(16-8-10-21-38)42(24-22-39-27-13-5-2-6-14-27)32(45)19-23-43-31(44)17-18-33(43)50/h1-6,11-14,28-30,39H,7-10,15-25,37-38H2,(H,40,46)(H,41,47)(H,48,49)/t28-,29-,30-/m0/s1. The molecule has 2 aromatic carbocycles. The van der Waals surface area contributed by atoms with Crippen LogP contribution in [0.25, 0.3) is 0 Å². The largest absolute Gasteiger partial charge is 0.480 e. The molecule has 0 bridgehead atoms. The number of nitrogens with two attached hydrogens (primary N) is 2. The predicted molar refractivity (Wildman–Crippen MR) is 196 cm³/mol. The van der Waals surface area contributed by atoms with E-state index >= 15 is 0 Å². The minimum Gasteiger partial charge on any atom is -0.480 e. The fourth-order valence-corrected chi connectivity index (χ4v) is 6.11. The van der Waals surface area contributed by atoms with Gasteiger partial charge in [0.25, 0.3) is 0 Å². The number of hydrogen-bond donors (Lipinski definition) is 6. The zero-order valence-corrected chi connectivity index (χ0v) is 29.4. The molecule has 3 atom stereocenters. The van der Waals surface area contributed by atoms with Gasteiger partial charge in [-0.05, 0) is 69.3 Å². The maximum atomic E-state index is 14.3. The van der Waals surface area contributed by atoms with Crippen molar-refractivity contribution in [3.8, 4) is 0 Å². The second-order valence-electron chi connectivity index (χ2n) is 12.3. The van der Waals surface area contributed by atoms with E-state index in [1.807, 2.05) is 60.7 Å². The number of amides is 4. The number of likely N-dealkylation sites (tertiary alicyclic amines) is 1. The van der Waals surface area contributed by atoms with Crippen molar-refractivity contribution in [2.45, 2.75) is 82.3 Å². The van der Waals surface area contributed by atoms with Crippen molar-refractivity contribution in [1.82, 2.24) is 20.4 Å². The van der Waals surface area contributed by atoms with Gasteiger partial charge in [-0.25, -0.2) is 4.79 Å². The zero-order chi connectivity index (χ0) is 36.3. The third-order valence-corrected chi connectivity index (χ3v) is 8.99. The molecule has 14 heteroatoms. The third-order valence-electron chi connectivity index (χ3n) is 8.57. The van der Waals surface area contributed by atoms with Crippen LogP contribution >= 0.6 is 12.2 Å². The quantitative estimate of drug-likeness (QED) is 0.0734. The average molecular weight is 710 g/mol. The van der Waals surface area contributed by atoms with E-state index in [2.05, 4.69) is 16.0 Å². The number of nitrogens with one attached hydrogen (secondary N) is 3. The molecular weight excluding hydrogens is 659 g/mol. The molecule has 0 spiro atoms. The number of benzene rings is 2. The van der Waals surface area contributed by atoms with Gasteiger partial charge in [0.05, 0.1) is 4.99 Å². The van der Waals surface area contributed by atoms with Gasteiger partial charge in [-0.3, -0.25) is 19.2 Å². The number of rotatable bonds is 23. The molecule has 1 aliphatic heterocycles. The zero-order valence-electron chi connectivity index (χ0n) is 28.6. The highest BCUT2D eigenvalue weighted by molar-refractivity contribution is 7.80. The van der Waals surface area contributed by atoms with Gasteiger partial charge in [-0.1, -0.05) is 60.7 Å². The van der Waals surface area contributed by atoms with E-state index < -0.39 is 35.9 Å². The lowest BCUT2D eigenvalue weighted by Crippen LogP contribution is -2.57. The van der Waals surface area contributed by atoms with Crippen LogP contribution in [-0.2, 0) is 30.4 Å². The first-order valence-electron chi connectivity index (χ1n) is 17.3. The van der Waals surface area contributed by atoms with E-state index in [0.29, 0.717) is 63.1 Å². The van der Waals surface area contributed by atoms with E-state index in [1.54, 1.807) is 0 Å². The molecule has 272 valence electrons. The van der Waals surface area contributed by atoms with Crippen molar-refractivity contribution in [3.63, 3.8) is 0 Å². The Morgan fingerprint density at radius 2 is 1.46 bits per heavy atom. The molecule has 3 rings (SSSR count). The first-order valence-corrected chi connectivity index (χ1v) is 17.7. The van der Waals surface area contributed by atoms with Crippen molar-refractivity contribution in [3.05, 3.63) is 66.2 Å². The summed E-state index contributed by atoms with van der Waals surface area (Å²) in [6, 6.07) is 15.3. The number of nitrogens with zero attached hydrogens (tertiary/aromatic N) is 2. The molecule has 1 saturated heterocycles. The molecule has 0 saturated carbocycles. The van der Waals surface area contributed by atoms with Crippen molar-refractivity contribution in [2.75, 3.05) is 38.0 Å². The summed E-state index contributed by atoms with van der Waals surface area (Å²) in [6.07, 6.45) is 3.56. The van der Waals surface area contributed by atoms with Gasteiger partial charge in [0.2, 0.25) is 23.6 Å². The average Bonchev–Trinajstić information content (AvgIpc) is 3.43. The lowest BCUT2D eigenvalue weighted by Gasteiger charge is -2.33. The van der Waals surface area contributed by atoms with Crippen molar-refractivity contribution >= 4 is 52.5 Å². The summed E-state index contributed by atoms with van der Waals surface area (Å²) in [7, 11) is 0. The number of carboxylic acids is 1. The molecule has 0 aromatic heterocycles. The summed E-state index contributed by atoms with van der Waals surface area (Å²) in [5, 5.41) is 18.6. The summed E-state index contributed by atoms with van der Waals surface area (Å²) in [5.74, 6) is -2.85. The van der Waals surface area contributed by atoms with Crippen LogP contribution in [0.4, 0.5) is 5.69 Å². The smallest absolute Gasteiger partial charge is 0.326 e. The Kier molecular flexibility index (Phi) is 17.3. The Hall–Kier alpha value is -4.40. The molecule has 1 aliphatic rings. The number of carbonyl (C=O) groups excluding carboxylic acids is 4. The van der Waals surface area contributed by atoms with Crippen molar-refractivity contribution < 1.29 is 29.1 Å². The Morgan fingerprint density at radius 1 is 0.840 bits per heavy atom. The molecule has 0 radical (unpaired) electrons. The second-order valence-corrected chi connectivity index (χ2v) is 12.8. The van der Waals surface area contributed by atoms with Crippen molar-refractivity contribution in [2.24, 2.45) is 11.5 Å². The van der Waals surface area contributed by atoms with Crippen molar-refractivity contribution in [1.29, 1.82) is 0 Å². The molecule has 50 heavy (non-hydrogen) atoms. The van der Waals surface area contributed by atoms with Gasteiger partial charge >= 0.3 is 5.97 Å². The van der Waals surface area contributed by atoms with Crippen LogP contribution in [-0.4, -0.2) is 100 Å². The van der Waals surface area contributed by atoms with Gasteiger partial charge in [-0.15, -0.1) is 0 Å². The minimum atomic E-state index is -1.18. The molecule has 0 unspecified atom stereocenters. The Balaban J connectivity index is 1.88. The molecule has 0 aliphatic carbocycles. The lowest BCUT2D eigenvalue weighted by atomic mass is 10.0. The SMILES string of the molecule is NCCCC[C@H](NC(=O)[C@H](Cc1ccccc1)NC(=O)[C@H](CCCCN)N(CCNc1ccccc1)C(=O)CCN1C(=O)CCC1=S)C(=O)O. The highest BCUT2D eigenvalue weighted by atomic mass is 32.1. The number of unbranched alkanes of at least 4 members (excludes halogenated alkanes) is 2. The Morgan fingerprint density at radius 3 is 2.06 bits per heavy atom. The molecule has 1 heterocycles. The fraction of sp³-hybridized carbons (Fsp3) is 0.500. The predicted octanol–water partition coefficient (Wildman–Crippen LogP) is 2.19. The van der Waals surface area contributed by atoms with E-state index in [1.165, 1.54) is 9.80 Å². The van der Waals surface area contributed by atoms with Crippen LogP contribution in [0.1, 0.15) is 63.4 Å². The van der Waals surface area contributed by atoms with Crippen LogP contribution in [0.2, 0.25) is 0 Å². The number of hydrogen-bond acceptors (Lipinski definition) is 9. The number of aliphatic carboxylic acids is 1. The fourth-order valence-electron chi connectivity index (χ4n) is 5.81. The second kappa shape index (κ2) is 21.6. The summed E-state index contributed by atoms with van der Waals surface area (Å²) < 4.78 is 0. The van der Waals surface area contributed by atoms with Crippen LogP contribution in [0, 0.1) is 0 Å². The maximum absolute atomic E-state index is 14.3. The first kappa shape index (κ1) is 40.0. The van der Waals surface area contributed by atoms with Gasteiger partial charge in [-0.2, -0.15) is 0 Å².